The van der Waals surface area contributed by atoms with Gasteiger partial charge >= 0.3 is 0 Å². The molecule has 0 amide bonds. The lowest BCUT2D eigenvalue weighted by atomic mass is 10.2. The van der Waals surface area contributed by atoms with E-state index in [-0.39, 0.29) is 0 Å². The summed E-state index contributed by atoms with van der Waals surface area (Å²) in [5.41, 5.74) is 0. The highest BCUT2D eigenvalue weighted by Gasteiger charge is 2.01. The van der Waals surface area contributed by atoms with Crippen LogP contribution in [-0.2, 0) is 0 Å². The topological polar surface area (TPSA) is 18.5 Å². The Morgan fingerprint density at radius 1 is 1.36 bits per heavy atom. The number of hydrogen-bond acceptors (Lipinski definition) is 3. The lowest BCUT2D eigenvalue weighted by Crippen LogP contribution is -2.09. The third kappa shape index (κ3) is 3.50. The lowest BCUT2D eigenvalue weighted by Gasteiger charge is -2.11. The van der Waals surface area contributed by atoms with E-state index in [0.717, 1.165) is 17.3 Å². The van der Waals surface area contributed by atoms with E-state index >= 15 is 0 Å². The molecule has 0 radical (unpaired) electrons. The summed E-state index contributed by atoms with van der Waals surface area (Å²) in [4.78, 5) is 0. The molecule has 0 fully saturated rings. The average Bonchev–Trinajstić information content (AvgIpc) is 2.26. The number of ether oxygens (including phenoxy) is 2. The van der Waals surface area contributed by atoms with Crippen molar-refractivity contribution < 1.29 is 9.47 Å². The van der Waals surface area contributed by atoms with Crippen LogP contribution in [0.15, 0.2) is 24.3 Å². The molecule has 0 aliphatic carbocycles. The highest BCUT2D eigenvalue weighted by atomic mass is 32.1. The zero-order valence-corrected chi connectivity index (χ0v) is 9.46. The van der Waals surface area contributed by atoms with E-state index in [1.54, 1.807) is 7.11 Å². The van der Waals surface area contributed by atoms with Crippen LogP contribution in [0.1, 0.15) is 6.92 Å². The Hall–Kier alpha value is -0.830. The summed E-state index contributed by atoms with van der Waals surface area (Å²) in [6.45, 7) is 2.80. The van der Waals surface area contributed by atoms with Crippen molar-refractivity contribution in [3.63, 3.8) is 0 Å². The van der Waals surface area contributed by atoms with Crippen molar-refractivity contribution in [1.29, 1.82) is 0 Å². The Morgan fingerprint density at radius 3 is 2.71 bits per heavy atom. The Balaban J connectivity index is 2.50. The molecule has 0 N–H and O–H groups in total. The molecule has 1 aromatic carbocycles. The molecule has 0 bridgehead atoms. The molecule has 1 aromatic rings. The molecule has 1 rings (SSSR count). The monoisotopic (exact) mass is 212 g/mol. The number of thiol groups is 1. The Bertz CT molecular complexity index is 276. The average molecular weight is 212 g/mol. The molecule has 1 unspecified atom stereocenters. The highest BCUT2D eigenvalue weighted by molar-refractivity contribution is 7.80. The van der Waals surface area contributed by atoms with Crippen LogP contribution in [0, 0.1) is 5.92 Å². The largest absolute Gasteiger partial charge is 0.497 e. The number of hydrogen-bond donors (Lipinski definition) is 1. The highest BCUT2D eigenvalue weighted by Crippen LogP contribution is 2.19. The van der Waals surface area contributed by atoms with Crippen LogP contribution in [0.2, 0.25) is 0 Å². The van der Waals surface area contributed by atoms with E-state index in [1.807, 2.05) is 24.3 Å². The first-order valence-corrected chi connectivity index (χ1v) is 5.27. The van der Waals surface area contributed by atoms with Crippen molar-refractivity contribution in [1.82, 2.24) is 0 Å². The normalized spacial score (nSPS) is 12.2. The van der Waals surface area contributed by atoms with Crippen LogP contribution < -0.4 is 9.47 Å². The van der Waals surface area contributed by atoms with Gasteiger partial charge in [-0.15, -0.1) is 0 Å². The van der Waals surface area contributed by atoms with Crippen LogP contribution >= 0.6 is 12.6 Å². The summed E-state index contributed by atoms with van der Waals surface area (Å²) in [5.74, 6) is 2.97. The van der Waals surface area contributed by atoms with Crippen molar-refractivity contribution in [2.45, 2.75) is 6.92 Å². The number of rotatable bonds is 5. The van der Waals surface area contributed by atoms with E-state index in [1.165, 1.54) is 0 Å². The standard InChI is InChI=1S/C11H16O2S/c1-9(8-14)7-13-11-5-3-4-10(6-11)12-2/h3-6,9,14H,7-8H2,1-2H3. The molecule has 0 aromatic heterocycles. The van der Waals surface area contributed by atoms with Crippen molar-refractivity contribution in [2.24, 2.45) is 5.92 Å². The van der Waals surface area contributed by atoms with Gasteiger partial charge in [0.05, 0.1) is 13.7 Å². The van der Waals surface area contributed by atoms with Gasteiger partial charge in [0.25, 0.3) is 0 Å². The third-order valence-electron chi connectivity index (χ3n) is 1.89. The predicted molar refractivity (Wildman–Crippen MR) is 61.5 cm³/mol. The summed E-state index contributed by atoms with van der Waals surface area (Å²) < 4.78 is 10.7. The molecule has 0 aliphatic rings. The van der Waals surface area contributed by atoms with Gasteiger partial charge in [0.2, 0.25) is 0 Å². The minimum absolute atomic E-state index is 0.463. The molecule has 14 heavy (non-hydrogen) atoms. The van der Waals surface area contributed by atoms with Gasteiger partial charge in [-0.05, 0) is 23.8 Å². The third-order valence-corrected chi connectivity index (χ3v) is 2.51. The van der Waals surface area contributed by atoms with E-state index in [2.05, 4.69) is 19.6 Å². The molecule has 0 saturated heterocycles. The fourth-order valence-electron chi connectivity index (χ4n) is 0.982. The van der Waals surface area contributed by atoms with Crippen molar-refractivity contribution in [2.75, 3.05) is 19.5 Å². The number of methoxy groups -OCH3 is 1. The first kappa shape index (κ1) is 11.2. The summed E-state index contributed by atoms with van der Waals surface area (Å²) in [6, 6.07) is 7.62. The molecular formula is C11H16O2S. The van der Waals surface area contributed by atoms with Crippen LogP contribution in [0.3, 0.4) is 0 Å². The predicted octanol–water partition coefficient (Wildman–Crippen LogP) is 2.64. The van der Waals surface area contributed by atoms with Crippen LogP contribution in [0.5, 0.6) is 11.5 Å². The maximum atomic E-state index is 5.57. The molecule has 1 atom stereocenters. The minimum Gasteiger partial charge on any atom is -0.497 e. The second-order valence-electron chi connectivity index (χ2n) is 3.28. The summed E-state index contributed by atoms with van der Waals surface area (Å²) in [7, 11) is 1.65. The number of benzene rings is 1. The van der Waals surface area contributed by atoms with Gasteiger partial charge in [-0.25, -0.2) is 0 Å². The van der Waals surface area contributed by atoms with Crippen molar-refractivity contribution in [3.8, 4) is 11.5 Å². The van der Waals surface area contributed by atoms with Gasteiger partial charge in [0.1, 0.15) is 11.5 Å². The van der Waals surface area contributed by atoms with Crippen molar-refractivity contribution >= 4 is 12.6 Å². The molecule has 78 valence electrons. The minimum atomic E-state index is 0.463. The van der Waals surface area contributed by atoms with Crippen LogP contribution in [0.4, 0.5) is 0 Å². The summed E-state index contributed by atoms with van der Waals surface area (Å²) in [5, 5.41) is 0. The second kappa shape index (κ2) is 5.81. The second-order valence-corrected chi connectivity index (χ2v) is 3.64. The van der Waals surface area contributed by atoms with Crippen LogP contribution in [0.25, 0.3) is 0 Å². The molecular weight excluding hydrogens is 196 g/mol. The molecule has 0 spiro atoms. The SMILES string of the molecule is COc1cccc(OCC(C)CS)c1. The first-order chi connectivity index (χ1) is 6.76. The fraction of sp³-hybridized carbons (Fsp3) is 0.455. The van der Waals surface area contributed by atoms with E-state index in [9.17, 15) is 0 Å². The van der Waals surface area contributed by atoms with Crippen molar-refractivity contribution in [3.05, 3.63) is 24.3 Å². The Morgan fingerprint density at radius 2 is 2.07 bits per heavy atom. The molecule has 0 aliphatic heterocycles. The van der Waals surface area contributed by atoms with Gasteiger partial charge < -0.3 is 9.47 Å². The van der Waals surface area contributed by atoms with Gasteiger partial charge in [0.15, 0.2) is 0 Å². The van der Waals surface area contributed by atoms with Gasteiger partial charge in [-0.1, -0.05) is 13.0 Å². The zero-order valence-electron chi connectivity index (χ0n) is 8.56. The molecule has 3 heteroatoms. The van der Waals surface area contributed by atoms with Gasteiger partial charge in [0, 0.05) is 6.07 Å². The smallest absolute Gasteiger partial charge is 0.122 e. The summed E-state index contributed by atoms with van der Waals surface area (Å²) in [6.07, 6.45) is 0. The molecule has 2 nitrogen and oxygen atoms in total. The van der Waals surface area contributed by atoms with E-state index < -0.39 is 0 Å². The summed E-state index contributed by atoms with van der Waals surface area (Å²) >= 11 is 4.20. The maximum Gasteiger partial charge on any atom is 0.122 e. The quantitative estimate of drug-likeness (QED) is 0.756. The molecule has 0 saturated carbocycles. The fourth-order valence-corrected chi connectivity index (χ4v) is 1.09. The Labute approximate surface area is 90.6 Å². The zero-order chi connectivity index (χ0) is 10.4. The first-order valence-electron chi connectivity index (χ1n) is 4.64. The Kier molecular flexibility index (Phi) is 4.66. The maximum absolute atomic E-state index is 5.57. The molecule has 0 heterocycles. The van der Waals surface area contributed by atoms with E-state index in [0.29, 0.717) is 12.5 Å². The lowest BCUT2D eigenvalue weighted by molar-refractivity contribution is 0.272. The van der Waals surface area contributed by atoms with Gasteiger partial charge in [-0.3, -0.25) is 0 Å². The van der Waals surface area contributed by atoms with E-state index in [4.69, 9.17) is 9.47 Å². The van der Waals surface area contributed by atoms with Gasteiger partial charge in [-0.2, -0.15) is 12.6 Å². The van der Waals surface area contributed by atoms with Crippen LogP contribution in [-0.4, -0.2) is 19.5 Å².